The molecule has 1 fully saturated rings. The predicted octanol–water partition coefficient (Wildman–Crippen LogP) is 3.69. The van der Waals surface area contributed by atoms with Crippen LogP contribution in [0.1, 0.15) is 5.56 Å². The molecule has 1 aliphatic heterocycles. The molecule has 26 heavy (non-hydrogen) atoms. The third kappa shape index (κ3) is 4.12. The first kappa shape index (κ1) is 17.8. The lowest BCUT2D eigenvalue weighted by molar-refractivity contribution is -0.143. The van der Waals surface area contributed by atoms with Gasteiger partial charge in [-0.3, -0.25) is 19.3 Å². The zero-order chi connectivity index (χ0) is 18.5. The number of methoxy groups -OCH3 is 1. The molecule has 0 radical (unpaired) electrons. The highest BCUT2D eigenvalue weighted by atomic mass is 32.2. The maximum Gasteiger partial charge on any atom is 0.325 e. The van der Waals surface area contributed by atoms with Crippen LogP contribution in [0.15, 0.2) is 59.5 Å². The smallest absolute Gasteiger partial charge is 0.325 e. The minimum atomic E-state index is -0.646. The highest BCUT2D eigenvalue weighted by molar-refractivity contribution is 8.18. The molecule has 3 rings (SSSR count). The molecular weight excluding hydrogens is 354 g/mol. The summed E-state index contributed by atoms with van der Waals surface area (Å²) in [6.07, 6.45) is 1.60. The van der Waals surface area contributed by atoms with Gasteiger partial charge in [0.1, 0.15) is 18.0 Å². The number of amides is 2. The largest absolute Gasteiger partial charge is 0.468 e. The average Bonchev–Trinajstić information content (AvgIpc) is 2.90. The second-order valence-electron chi connectivity index (χ2n) is 5.33. The second kappa shape index (κ2) is 7.88. The number of carbonyl (C=O) groups is 3. The van der Waals surface area contributed by atoms with Crippen molar-refractivity contribution in [3.8, 4) is 11.5 Å². The van der Waals surface area contributed by atoms with Crippen LogP contribution in [0.2, 0.25) is 0 Å². The number of nitrogens with zero attached hydrogens (tertiary/aromatic N) is 1. The number of esters is 1. The molecule has 0 aromatic heterocycles. The quantitative estimate of drug-likeness (QED) is 0.591. The molecule has 0 N–H and O–H groups in total. The molecule has 0 atom stereocenters. The molecule has 1 aliphatic rings. The molecule has 0 bridgehead atoms. The van der Waals surface area contributed by atoms with E-state index in [-0.39, 0.29) is 4.91 Å². The van der Waals surface area contributed by atoms with E-state index in [2.05, 4.69) is 4.74 Å². The molecule has 2 aromatic rings. The fourth-order valence-electron chi connectivity index (χ4n) is 2.27. The van der Waals surface area contributed by atoms with Crippen molar-refractivity contribution in [3.05, 3.63) is 65.1 Å². The molecule has 7 heteroatoms. The zero-order valence-corrected chi connectivity index (χ0v) is 14.7. The van der Waals surface area contributed by atoms with Gasteiger partial charge in [0.25, 0.3) is 11.1 Å². The van der Waals surface area contributed by atoms with Crippen LogP contribution in [0.25, 0.3) is 6.08 Å². The van der Waals surface area contributed by atoms with Crippen LogP contribution in [-0.2, 0) is 14.3 Å². The van der Waals surface area contributed by atoms with Gasteiger partial charge in [-0.1, -0.05) is 30.3 Å². The molecule has 1 heterocycles. The minimum Gasteiger partial charge on any atom is -0.468 e. The molecule has 6 nitrogen and oxygen atoms in total. The number of imide groups is 1. The van der Waals surface area contributed by atoms with Gasteiger partial charge in [-0.25, -0.2) is 0 Å². The molecule has 0 saturated carbocycles. The Morgan fingerprint density at radius 3 is 2.54 bits per heavy atom. The van der Waals surface area contributed by atoms with Gasteiger partial charge >= 0.3 is 5.97 Å². The first-order valence-corrected chi connectivity index (χ1v) is 8.53. The molecule has 0 aliphatic carbocycles. The standard InChI is InChI=1S/C19H15NO5S/c1-24-17(21)12-20-18(22)16(26-19(20)23)11-13-6-5-9-15(10-13)25-14-7-3-2-4-8-14/h2-11H,12H2,1H3. The predicted molar refractivity (Wildman–Crippen MR) is 97.7 cm³/mol. The number of rotatable bonds is 5. The van der Waals surface area contributed by atoms with Crippen molar-refractivity contribution >= 4 is 35.0 Å². The summed E-state index contributed by atoms with van der Waals surface area (Å²) in [4.78, 5) is 36.7. The van der Waals surface area contributed by atoms with E-state index in [1.54, 1.807) is 30.3 Å². The highest BCUT2D eigenvalue weighted by Gasteiger charge is 2.36. The van der Waals surface area contributed by atoms with Gasteiger partial charge in [0.2, 0.25) is 0 Å². The number of benzene rings is 2. The molecule has 0 spiro atoms. The van der Waals surface area contributed by atoms with Crippen LogP contribution in [0, 0.1) is 0 Å². The van der Waals surface area contributed by atoms with E-state index in [0.717, 1.165) is 16.7 Å². The summed E-state index contributed by atoms with van der Waals surface area (Å²) >= 11 is 0.789. The maximum absolute atomic E-state index is 12.3. The zero-order valence-electron chi connectivity index (χ0n) is 13.9. The van der Waals surface area contributed by atoms with Crippen LogP contribution in [-0.4, -0.2) is 35.7 Å². The van der Waals surface area contributed by atoms with Crippen molar-refractivity contribution in [1.29, 1.82) is 0 Å². The van der Waals surface area contributed by atoms with E-state index in [1.165, 1.54) is 7.11 Å². The third-order valence-corrected chi connectivity index (χ3v) is 4.43. The number of para-hydroxylation sites is 1. The van der Waals surface area contributed by atoms with Crippen molar-refractivity contribution in [1.82, 2.24) is 4.90 Å². The monoisotopic (exact) mass is 369 g/mol. The van der Waals surface area contributed by atoms with Crippen molar-refractivity contribution in [2.24, 2.45) is 0 Å². The Hall–Kier alpha value is -3.06. The number of thioether (sulfide) groups is 1. The number of hydrogen-bond acceptors (Lipinski definition) is 6. The third-order valence-electron chi connectivity index (χ3n) is 3.52. The Balaban J connectivity index is 1.77. The molecule has 2 aromatic carbocycles. The molecule has 1 saturated heterocycles. The normalized spacial score (nSPS) is 15.4. The SMILES string of the molecule is COC(=O)CN1C(=O)SC(=Cc2cccc(Oc3ccccc3)c2)C1=O. The summed E-state index contributed by atoms with van der Waals surface area (Å²) in [6, 6.07) is 16.5. The lowest BCUT2D eigenvalue weighted by atomic mass is 10.2. The van der Waals surface area contributed by atoms with Crippen LogP contribution >= 0.6 is 11.8 Å². The maximum atomic E-state index is 12.3. The lowest BCUT2D eigenvalue weighted by Gasteiger charge is -2.09. The van der Waals surface area contributed by atoms with Gasteiger partial charge in [0.05, 0.1) is 12.0 Å². The fraction of sp³-hybridized carbons (Fsp3) is 0.105. The Morgan fingerprint density at radius 1 is 1.08 bits per heavy atom. The summed E-state index contributed by atoms with van der Waals surface area (Å²) in [5.41, 5.74) is 0.710. The van der Waals surface area contributed by atoms with Gasteiger partial charge < -0.3 is 9.47 Å². The summed E-state index contributed by atoms with van der Waals surface area (Å²) in [7, 11) is 1.20. The van der Waals surface area contributed by atoms with Crippen molar-refractivity contribution in [2.45, 2.75) is 0 Å². The molecule has 0 unspecified atom stereocenters. The van der Waals surface area contributed by atoms with E-state index in [4.69, 9.17) is 4.74 Å². The average molecular weight is 369 g/mol. The number of carbonyl (C=O) groups excluding carboxylic acids is 3. The first-order chi connectivity index (χ1) is 12.6. The van der Waals surface area contributed by atoms with Gasteiger partial charge in [-0.05, 0) is 47.7 Å². The highest BCUT2D eigenvalue weighted by Crippen LogP contribution is 2.32. The lowest BCUT2D eigenvalue weighted by Crippen LogP contribution is -2.34. The Bertz CT molecular complexity index is 879. The van der Waals surface area contributed by atoms with E-state index < -0.39 is 23.7 Å². The Labute approximate surface area is 154 Å². The summed E-state index contributed by atoms with van der Waals surface area (Å²) < 4.78 is 10.3. The number of ether oxygens (including phenoxy) is 2. The van der Waals surface area contributed by atoms with E-state index >= 15 is 0 Å². The van der Waals surface area contributed by atoms with Gasteiger partial charge in [0, 0.05) is 0 Å². The topological polar surface area (TPSA) is 72.9 Å². The minimum absolute atomic E-state index is 0.246. The van der Waals surface area contributed by atoms with Gasteiger partial charge in [0.15, 0.2) is 0 Å². The molecule has 2 amide bonds. The van der Waals surface area contributed by atoms with Crippen molar-refractivity contribution < 1.29 is 23.9 Å². The Kier molecular flexibility index (Phi) is 5.38. The van der Waals surface area contributed by atoms with Crippen LogP contribution in [0.4, 0.5) is 4.79 Å². The van der Waals surface area contributed by atoms with Crippen LogP contribution < -0.4 is 4.74 Å². The summed E-state index contributed by atoms with van der Waals surface area (Å²) in [5.74, 6) is 0.147. The fourth-order valence-corrected chi connectivity index (χ4v) is 3.11. The van der Waals surface area contributed by atoms with E-state index in [1.807, 2.05) is 30.3 Å². The summed E-state index contributed by atoms with van der Waals surface area (Å²) in [5, 5.41) is -0.497. The van der Waals surface area contributed by atoms with Crippen LogP contribution in [0.3, 0.4) is 0 Å². The number of hydrogen-bond donors (Lipinski definition) is 0. The van der Waals surface area contributed by atoms with E-state index in [0.29, 0.717) is 17.1 Å². The summed E-state index contributed by atoms with van der Waals surface area (Å²) in [6.45, 7) is -0.393. The van der Waals surface area contributed by atoms with Gasteiger partial charge in [-0.2, -0.15) is 0 Å². The Morgan fingerprint density at radius 2 is 1.81 bits per heavy atom. The first-order valence-electron chi connectivity index (χ1n) is 7.72. The second-order valence-corrected chi connectivity index (χ2v) is 6.32. The molecular formula is C19H15NO5S. The van der Waals surface area contributed by atoms with E-state index in [9.17, 15) is 14.4 Å². The molecule has 132 valence electrons. The van der Waals surface area contributed by atoms with Crippen LogP contribution in [0.5, 0.6) is 11.5 Å². The van der Waals surface area contributed by atoms with Crippen molar-refractivity contribution in [2.75, 3.05) is 13.7 Å². The van der Waals surface area contributed by atoms with Gasteiger partial charge in [-0.15, -0.1) is 0 Å². The van der Waals surface area contributed by atoms with Crippen molar-refractivity contribution in [3.63, 3.8) is 0 Å².